The molecule has 5 heteroatoms. The van der Waals surface area contributed by atoms with Gasteiger partial charge in [0, 0.05) is 0 Å². The van der Waals surface area contributed by atoms with Crippen molar-refractivity contribution in [2.75, 3.05) is 5.75 Å². The van der Waals surface area contributed by atoms with Gasteiger partial charge >= 0.3 is 0 Å². The molecule has 0 bridgehead atoms. The first-order chi connectivity index (χ1) is 5.67. The number of sulfonamides is 1. The molecule has 12 heavy (non-hydrogen) atoms. The van der Waals surface area contributed by atoms with Gasteiger partial charge in [0.05, 0.1) is 18.1 Å². The van der Waals surface area contributed by atoms with Crippen molar-refractivity contribution in [1.29, 1.82) is 0 Å². The molecule has 1 saturated heterocycles. The number of hydrogen-bond donors (Lipinski definition) is 1. The van der Waals surface area contributed by atoms with E-state index in [1.54, 1.807) is 18.4 Å². The van der Waals surface area contributed by atoms with E-state index >= 15 is 0 Å². The predicted octanol–water partition coefficient (Wildman–Crippen LogP) is 0.644. The molecular formula is C7H9NO3S. The standard InChI is InChI=1S/C7H9NO3S/c9-12(10)5-3-6(8-12)7-2-1-4-11-7/h1-2,4,6,8H,3,5H2. The predicted molar refractivity (Wildman–Crippen MR) is 43.0 cm³/mol. The van der Waals surface area contributed by atoms with Crippen LogP contribution in [0.3, 0.4) is 0 Å². The van der Waals surface area contributed by atoms with Gasteiger partial charge in [0.1, 0.15) is 5.76 Å². The van der Waals surface area contributed by atoms with Gasteiger partial charge in [0.15, 0.2) is 0 Å². The van der Waals surface area contributed by atoms with E-state index in [1.807, 2.05) is 0 Å². The molecule has 1 aliphatic heterocycles. The minimum atomic E-state index is -3.03. The van der Waals surface area contributed by atoms with Crippen LogP contribution in [0, 0.1) is 0 Å². The zero-order valence-corrected chi connectivity index (χ0v) is 7.17. The fraction of sp³-hybridized carbons (Fsp3) is 0.429. The van der Waals surface area contributed by atoms with Crippen LogP contribution in [-0.4, -0.2) is 14.2 Å². The summed E-state index contributed by atoms with van der Waals surface area (Å²) >= 11 is 0. The summed E-state index contributed by atoms with van der Waals surface area (Å²) in [5.74, 6) is 0.884. The average Bonchev–Trinajstić information content (AvgIpc) is 2.55. The maximum atomic E-state index is 11.0. The molecule has 0 aromatic carbocycles. The minimum absolute atomic E-state index is 0.162. The Bertz CT molecular complexity index is 354. The highest BCUT2D eigenvalue weighted by atomic mass is 32.2. The third kappa shape index (κ3) is 1.37. The normalized spacial score (nSPS) is 27.5. The summed E-state index contributed by atoms with van der Waals surface area (Å²) < 4.78 is 29.6. The molecule has 2 heterocycles. The highest BCUT2D eigenvalue weighted by molar-refractivity contribution is 7.89. The van der Waals surface area contributed by atoms with Crippen LogP contribution < -0.4 is 4.72 Å². The van der Waals surface area contributed by atoms with Crippen LogP contribution in [0.5, 0.6) is 0 Å². The topological polar surface area (TPSA) is 59.3 Å². The molecule has 66 valence electrons. The Kier molecular flexibility index (Phi) is 1.69. The molecule has 4 nitrogen and oxygen atoms in total. The molecular weight excluding hydrogens is 178 g/mol. The molecule has 1 unspecified atom stereocenters. The zero-order valence-electron chi connectivity index (χ0n) is 6.36. The van der Waals surface area contributed by atoms with Gasteiger partial charge < -0.3 is 4.42 Å². The van der Waals surface area contributed by atoms with Gasteiger partial charge in [-0.3, -0.25) is 0 Å². The third-order valence-corrected chi connectivity index (χ3v) is 3.30. The molecule has 0 spiro atoms. The molecule has 0 radical (unpaired) electrons. The number of hydrogen-bond acceptors (Lipinski definition) is 3. The molecule has 1 aliphatic rings. The summed E-state index contributed by atoms with van der Waals surface area (Å²) in [6.07, 6.45) is 2.14. The van der Waals surface area contributed by atoms with Crippen molar-refractivity contribution in [2.24, 2.45) is 0 Å². The lowest BCUT2D eigenvalue weighted by atomic mass is 10.2. The van der Waals surface area contributed by atoms with E-state index in [0.717, 1.165) is 0 Å². The van der Waals surface area contributed by atoms with Crippen molar-refractivity contribution >= 4 is 10.0 Å². The Morgan fingerprint density at radius 1 is 1.58 bits per heavy atom. The van der Waals surface area contributed by atoms with Crippen molar-refractivity contribution in [1.82, 2.24) is 4.72 Å². The summed E-state index contributed by atoms with van der Waals surface area (Å²) in [6.45, 7) is 0. The van der Waals surface area contributed by atoms with Gasteiger partial charge in [-0.05, 0) is 18.6 Å². The quantitative estimate of drug-likeness (QED) is 0.702. The fourth-order valence-electron chi connectivity index (χ4n) is 1.30. The lowest BCUT2D eigenvalue weighted by Gasteiger charge is -2.02. The molecule has 1 N–H and O–H groups in total. The van der Waals surface area contributed by atoms with Crippen molar-refractivity contribution in [3.8, 4) is 0 Å². The highest BCUT2D eigenvalue weighted by Gasteiger charge is 2.29. The van der Waals surface area contributed by atoms with Crippen LogP contribution >= 0.6 is 0 Å². The Labute approximate surface area is 70.6 Å². The number of furan rings is 1. The molecule has 0 saturated carbocycles. The van der Waals surface area contributed by atoms with E-state index < -0.39 is 10.0 Å². The summed E-state index contributed by atoms with van der Waals surface area (Å²) in [5, 5.41) is 0. The maximum absolute atomic E-state index is 11.0. The van der Waals surface area contributed by atoms with Crippen molar-refractivity contribution in [2.45, 2.75) is 12.5 Å². The van der Waals surface area contributed by atoms with Gasteiger partial charge in [0.25, 0.3) is 0 Å². The van der Waals surface area contributed by atoms with Crippen molar-refractivity contribution in [3.05, 3.63) is 24.2 Å². The second-order valence-corrected chi connectivity index (χ2v) is 4.67. The third-order valence-electron chi connectivity index (χ3n) is 1.88. The van der Waals surface area contributed by atoms with E-state index in [0.29, 0.717) is 12.2 Å². The smallest absolute Gasteiger partial charge is 0.212 e. The fourth-order valence-corrected chi connectivity index (χ4v) is 2.63. The van der Waals surface area contributed by atoms with E-state index in [1.165, 1.54) is 0 Å². The van der Waals surface area contributed by atoms with E-state index in [4.69, 9.17) is 4.42 Å². The monoisotopic (exact) mass is 187 g/mol. The molecule has 1 fully saturated rings. The first-order valence-corrected chi connectivity index (χ1v) is 5.36. The Morgan fingerprint density at radius 3 is 2.92 bits per heavy atom. The van der Waals surface area contributed by atoms with Gasteiger partial charge in [-0.1, -0.05) is 0 Å². The maximum Gasteiger partial charge on any atom is 0.212 e. The van der Waals surface area contributed by atoms with E-state index in [9.17, 15) is 8.42 Å². The Hall–Kier alpha value is -0.810. The molecule has 1 aromatic rings. The summed E-state index contributed by atoms with van der Waals surface area (Å²) in [5.41, 5.74) is 0. The van der Waals surface area contributed by atoms with Crippen molar-refractivity contribution in [3.63, 3.8) is 0 Å². The van der Waals surface area contributed by atoms with E-state index in [2.05, 4.69) is 4.72 Å². The molecule has 0 amide bonds. The molecule has 2 rings (SSSR count). The van der Waals surface area contributed by atoms with Gasteiger partial charge in [0.2, 0.25) is 10.0 Å². The first-order valence-electron chi connectivity index (χ1n) is 3.71. The second kappa shape index (κ2) is 2.60. The summed E-state index contributed by atoms with van der Waals surface area (Å²) in [6, 6.07) is 3.37. The lowest BCUT2D eigenvalue weighted by molar-refractivity contribution is 0.454. The molecule has 1 aromatic heterocycles. The van der Waals surface area contributed by atoms with Crippen LogP contribution in [0.25, 0.3) is 0 Å². The van der Waals surface area contributed by atoms with Crippen molar-refractivity contribution < 1.29 is 12.8 Å². The van der Waals surface area contributed by atoms with Crippen LogP contribution in [0.1, 0.15) is 18.2 Å². The van der Waals surface area contributed by atoms with E-state index in [-0.39, 0.29) is 11.8 Å². The van der Waals surface area contributed by atoms with Gasteiger partial charge in [-0.15, -0.1) is 0 Å². The molecule has 1 atom stereocenters. The average molecular weight is 187 g/mol. The molecule has 0 aliphatic carbocycles. The van der Waals surface area contributed by atoms with Crippen LogP contribution in [0.4, 0.5) is 0 Å². The Balaban J connectivity index is 2.21. The largest absolute Gasteiger partial charge is 0.468 e. The zero-order chi connectivity index (χ0) is 8.60. The van der Waals surface area contributed by atoms with Crippen LogP contribution in [0.15, 0.2) is 22.8 Å². The van der Waals surface area contributed by atoms with Crippen LogP contribution in [-0.2, 0) is 10.0 Å². The number of rotatable bonds is 1. The highest BCUT2D eigenvalue weighted by Crippen LogP contribution is 2.23. The minimum Gasteiger partial charge on any atom is -0.468 e. The lowest BCUT2D eigenvalue weighted by Crippen LogP contribution is -2.19. The Morgan fingerprint density at radius 2 is 2.42 bits per heavy atom. The summed E-state index contributed by atoms with van der Waals surface area (Å²) in [7, 11) is -3.03. The van der Waals surface area contributed by atoms with Gasteiger partial charge in [-0.2, -0.15) is 0 Å². The van der Waals surface area contributed by atoms with Gasteiger partial charge in [-0.25, -0.2) is 13.1 Å². The number of nitrogens with one attached hydrogen (secondary N) is 1. The summed E-state index contributed by atoms with van der Waals surface area (Å²) in [4.78, 5) is 0. The second-order valence-electron chi connectivity index (χ2n) is 2.79. The van der Waals surface area contributed by atoms with Crippen LogP contribution in [0.2, 0.25) is 0 Å². The SMILES string of the molecule is O=S1(=O)CCC(c2ccco2)N1. The first kappa shape index (κ1) is 7.82.